The van der Waals surface area contributed by atoms with E-state index >= 15 is 0 Å². The van der Waals surface area contributed by atoms with Crippen LogP contribution in [0, 0.1) is 5.92 Å². The molecule has 6 rings (SSSR count). The molecule has 0 atom stereocenters. The maximum absolute atomic E-state index is 13.2. The average molecular weight is 537 g/mol. The number of hydrogen-bond donors (Lipinski definition) is 3. The monoisotopic (exact) mass is 536 g/mol. The van der Waals surface area contributed by atoms with Crippen molar-refractivity contribution < 1.29 is 19.8 Å². The van der Waals surface area contributed by atoms with E-state index in [1.165, 1.54) is 12.1 Å². The number of aromatic hydroxyl groups is 1. The minimum atomic E-state index is -1.04. The fraction of sp³-hybridized carbons (Fsp3) is 0.281. The molecule has 3 aromatic carbocycles. The second-order valence-corrected chi connectivity index (χ2v) is 10.8. The summed E-state index contributed by atoms with van der Waals surface area (Å²) in [6.07, 6.45) is 3.50. The molecular weight excluding hydrogens is 504 g/mol. The smallest absolute Gasteiger partial charge is 0.335 e. The van der Waals surface area contributed by atoms with Crippen LogP contribution in [0.2, 0.25) is 0 Å². The second kappa shape index (κ2) is 10.6. The van der Waals surface area contributed by atoms with Crippen LogP contribution >= 0.6 is 0 Å². The molecule has 2 aliphatic heterocycles. The summed E-state index contributed by atoms with van der Waals surface area (Å²) in [7, 11) is 2.13. The largest absolute Gasteiger partial charge is 0.494 e. The average Bonchev–Trinajstić information content (AvgIpc) is 3.53. The summed E-state index contributed by atoms with van der Waals surface area (Å²) < 4.78 is 0. The van der Waals surface area contributed by atoms with Crippen molar-refractivity contribution in [2.75, 3.05) is 31.6 Å². The van der Waals surface area contributed by atoms with Crippen molar-refractivity contribution in [3.8, 4) is 5.88 Å². The van der Waals surface area contributed by atoms with E-state index in [-0.39, 0.29) is 17.4 Å². The summed E-state index contributed by atoms with van der Waals surface area (Å²) in [5, 5.41) is 21.0. The highest BCUT2D eigenvalue weighted by molar-refractivity contribution is 6.22. The number of aromatic amines is 1. The van der Waals surface area contributed by atoms with Crippen molar-refractivity contribution in [1.29, 1.82) is 0 Å². The third kappa shape index (κ3) is 4.98. The van der Waals surface area contributed by atoms with Crippen molar-refractivity contribution in [2.24, 2.45) is 10.9 Å². The Hall–Kier alpha value is -4.43. The van der Waals surface area contributed by atoms with Gasteiger partial charge in [-0.05, 0) is 81.2 Å². The molecule has 1 aromatic heterocycles. The summed E-state index contributed by atoms with van der Waals surface area (Å²) in [5.74, 6) is -0.474. The molecule has 0 saturated carbocycles. The van der Waals surface area contributed by atoms with Gasteiger partial charge in [-0.25, -0.2) is 9.79 Å². The van der Waals surface area contributed by atoms with Gasteiger partial charge in [-0.2, -0.15) is 0 Å². The van der Waals surface area contributed by atoms with Crippen LogP contribution in [0.15, 0.2) is 71.7 Å². The molecule has 1 amide bonds. The molecule has 0 spiro atoms. The van der Waals surface area contributed by atoms with Gasteiger partial charge in [0.05, 0.1) is 22.5 Å². The molecule has 0 unspecified atom stereocenters. The molecule has 4 aromatic rings. The highest BCUT2D eigenvalue weighted by Gasteiger charge is 2.28. The zero-order valence-electron chi connectivity index (χ0n) is 22.4. The number of fused-ring (bicyclic) bond motifs is 2. The number of H-pyrrole nitrogens is 1. The second-order valence-electron chi connectivity index (χ2n) is 10.8. The highest BCUT2D eigenvalue weighted by atomic mass is 16.4. The molecule has 8 heteroatoms. The quantitative estimate of drug-likeness (QED) is 0.288. The summed E-state index contributed by atoms with van der Waals surface area (Å²) in [4.78, 5) is 36.8. The van der Waals surface area contributed by atoms with E-state index in [4.69, 9.17) is 4.99 Å². The van der Waals surface area contributed by atoms with Gasteiger partial charge in [0, 0.05) is 35.1 Å². The Balaban J connectivity index is 1.34. The van der Waals surface area contributed by atoms with Gasteiger partial charge >= 0.3 is 5.97 Å². The van der Waals surface area contributed by atoms with Crippen LogP contribution in [-0.4, -0.2) is 64.4 Å². The molecule has 3 heterocycles. The van der Waals surface area contributed by atoms with E-state index in [0.717, 1.165) is 54.9 Å². The van der Waals surface area contributed by atoms with Gasteiger partial charge in [-0.1, -0.05) is 36.4 Å². The van der Waals surface area contributed by atoms with Gasteiger partial charge < -0.3 is 25.0 Å². The van der Waals surface area contributed by atoms with E-state index in [2.05, 4.69) is 16.9 Å². The Morgan fingerprint density at radius 1 is 0.975 bits per heavy atom. The topological polar surface area (TPSA) is 109 Å². The summed E-state index contributed by atoms with van der Waals surface area (Å²) in [6.45, 7) is 2.77. The van der Waals surface area contributed by atoms with Gasteiger partial charge in [0.25, 0.3) is 0 Å². The van der Waals surface area contributed by atoms with Crippen LogP contribution in [-0.2, 0) is 11.2 Å². The van der Waals surface area contributed by atoms with Crippen LogP contribution in [0.1, 0.15) is 46.3 Å². The number of carboxylic acid groups (broad SMARTS) is 1. The van der Waals surface area contributed by atoms with Gasteiger partial charge in [0.15, 0.2) is 5.88 Å². The number of benzene rings is 3. The van der Waals surface area contributed by atoms with Gasteiger partial charge in [0.1, 0.15) is 0 Å². The lowest BCUT2D eigenvalue weighted by Crippen LogP contribution is -2.35. The van der Waals surface area contributed by atoms with Gasteiger partial charge in [-0.3, -0.25) is 4.79 Å². The third-order valence-corrected chi connectivity index (χ3v) is 8.11. The SMILES string of the molecule is CN1CCC(CC(=O)N2CCc3cc(N=C(c4ccccc4)c4c(O)[nH]c5cc(C(=O)O)ccc45)ccc32)CC1. The first-order chi connectivity index (χ1) is 19.4. The molecule has 204 valence electrons. The zero-order chi connectivity index (χ0) is 27.8. The molecule has 0 aliphatic carbocycles. The van der Waals surface area contributed by atoms with Crippen molar-refractivity contribution in [3.63, 3.8) is 0 Å². The maximum atomic E-state index is 13.2. The van der Waals surface area contributed by atoms with Crippen LogP contribution in [0.4, 0.5) is 11.4 Å². The van der Waals surface area contributed by atoms with Crippen LogP contribution in [0.3, 0.4) is 0 Å². The number of nitrogens with zero attached hydrogens (tertiary/aromatic N) is 3. The molecule has 8 nitrogen and oxygen atoms in total. The molecule has 2 aliphatic rings. The summed E-state index contributed by atoms with van der Waals surface area (Å²) in [5.41, 5.74) is 5.30. The standard InChI is InChI=1S/C32H32N4O4/c1-35-14-11-20(12-15-35)17-28(37)36-16-13-22-18-24(8-10-27(22)36)33-30(21-5-3-2-4-6-21)29-25-9-7-23(32(39)40)19-26(25)34-31(29)38/h2-10,18-20,34,38H,11-17H2,1H3,(H,39,40). The van der Waals surface area contributed by atoms with E-state index in [1.54, 1.807) is 6.07 Å². The van der Waals surface area contributed by atoms with E-state index in [0.29, 0.717) is 41.1 Å². The zero-order valence-corrected chi connectivity index (χ0v) is 22.4. The fourth-order valence-electron chi connectivity index (χ4n) is 5.89. The van der Waals surface area contributed by atoms with Crippen molar-refractivity contribution in [1.82, 2.24) is 9.88 Å². The Kier molecular flexibility index (Phi) is 6.86. The summed E-state index contributed by atoms with van der Waals surface area (Å²) in [6, 6.07) is 20.2. The van der Waals surface area contributed by atoms with Crippen molar-refractivity contribution in [3.05, 3.63) is 89.0 Å². The number of aromatic carboxylic acids is 1. The lowest BCUT2D eigenvalue weighted by atomic mass is 9.93. The lowest BCUT2D eigenvalue weighted by Gasteiger charge is -2.29. The predicted molar refractivity (Wildman–Crippen MR) is 156 cm³/mol. The van der Waals surface area contributed by atoms with Gasteiger partial charge in [-0.15, -0.1) is 0 Å². The molecular formula is C32H32N4O4. The number of aromatic nitrogens is 1. The Bertz CT molecular complexity index is 1620. The number of nitrogens with one attached hydrogen (secondary N) is 1. The molecule has 3 N–H and O–H groups in total. The first kappa shape index (κ1) is 25.8. The molecule has 0 bridgehead atoms. The predicted octanol–water partition coefficient (Wildman–Crippen LogP) is 5.36. The summed E-state index contributed by atoms with van der Waals surface area (Å²) >= 11 is 0. The van der Waals surface area contributed by atoms with Crippen molar-refractivity contribution >= 4 is 39.9 Å². The van der Waals surface area contributed by atoms with Crippen LogP contribution < -0.4 is 4.90 Å². The first-order valence-corrected chi connectivity index (χ1v) is 13.7. The normalized spacial score (nSPS) is 16.4. The number of rotatable bonds is 6. The fourth-order valence-corrected chi connectivity index (χ4v) is 5.89. The number of carbonyl (C=O) groups is 2. The van der Waals surface area contributed by atoms with E-state index < -0.39 is 5.97 Å². The third-order valence-electron chi connectivity index (χ3n) is 8.11. The molecule has 1 fully saturated rings. The number of carboxylic acids is 1. The van der Waals surface area contributed by atoms with Gasteiger partial charge in [0.2, 0.25) is 5.91 Å². The number of anilines is 1. The number of likely N-dealkylation sites (tertiary alicyclic amines) is 1. The Morgan fingerprint density at radius 3 is 2.50 bits per heavy atom. The highest BCUT2D eigenvalue weighted by Crippen LogP contribution is 2.36. The minimum Gasteiger partial charge on any atom is -0.494 e. The van der Waals surface area contributed by atoms with Crippen molar-refractivity contribution in [2.45, 2.75) is 25.7 Å². The molecule has 0 radical (unpaired) electrons. The molecule has 1 saturated heterocycles. The maximum Gasteiger partial charge on any atom is 0.335 e. The van der Waals surface area contributed by atoms with Crippen LogP contribution in [0.25, 0.3) is 10.9 Å². The Labute approximate surface area is 232 Å². The minimum absolute atomic E-state index is 0.0769. The first-order valence-electron chi connectivity index (χ1n) is 13.7. The Morgan fingerprint density at radius 2 is 1.75 bits per heavy atom. The number of aliphatic imine (C=N–C) groups is 1. The number of carbonyl (C=O) groups excluding carboxylic acids is 1. The number of amides is 1. The number of piperidine rings is 1. The van der Waals surface area contributed by atoms with E-state index in [1.807, 2.05) is 53.4 Å². The van der Waals surface area contributed by atoms with E-state index in [9.17, 15) is 19.8 Å². The lowest BCUT2D eigenvalue weighted by molar-refractivity contribution is -0.119. The van der Waals surface area contributed by atoms with Crippen LogP contribution in [0.5, 0.6) is 5.88 Å². The molecule has 40 heavy (non-hydrogen) atoms. The number of hydrogen-bond acceptors (Lipinski definition) is 5.